The van der Waals surface area contributed by atoms with E-state index in [1.165, 1.54) is 0 Å². The zero-order chi connectivity index (χ0) is 14.8. The van der Waals surface area contributed by atoms with Crippen LogP contribution in [-0.2, 0) is 0 Å². The first-order valence-corrected chi connectivity index (χ1v) is 7.65. The summed E-state index contributed by atoms with van der Waals surface area (Å²) in [6, 6.07) is 7.25. The lowest BCUT2D eigenvalue weighted by Crippen LogP contribution is -2.31. The second-order valence-corrected chi connectivity index (χ2v) is 5.00. The van der Waals surface area contributed by atoms with Crippen LogP contribution in [0.1, 0.15) is 16.8 Å². The second kappa shape index (κ2) is 9.37. The highest BCUT2D eigenvalue weighted by molar-refractivity contribution is 9.09. The van der Waals surface area contributed by atoms with Crippen LogP contribution in [-0.4, -0.2) is 35.8 Å². The van der Waals surface area contributed by atoms with E-state index in [0.717, 1.165) is 11.8 Å². The molecule has 0 N–H and O–H groups in total. The van der Waals surface area contributed by atoms with E-state index in [1.807, 2.05) is 12.1 Å². The third kappa shape index (κ3) is 5.21. The number of nitrogens with zero attached hydrogens (tertiary/aromatic N) is 1. The second-order valence-electron chi connectivity index (χ2n) is 4.21. The molecule has 1 rings (SSSR count). The van der Waals surface area contributed by atoms with E-state index < -0.39 is 0 Å². The van der Waals surface area contributed by atoms with Crippen molar-refractivity contribution in [3.05, 3.63) is 55.1 Å². The first-order chi connectivity index (χ1) is 9.72. The van der Waals surface area contributed by atoms with Gasteiger partial charge in [-0.3, -0.25) is 4.79 Å². The van der Waals surface area contributed by atoms with Crippen LogP contribution in [0, 0.1) is 0 Å². The lowest BCUT2D eigenvalue weighted by molar-refractivity contribution is 0.0790. The van der Waals surface area contributed by atoms with E-state index in [4.69, 9.17) is 4.74 Å². The molecule has 0 spiro atoms. The Balaban J connectivity index is 2.77. The van der Waals surface area contributed by atoms with Gasteiger partial charge in [-0.05, 0) is 24.6 Å². The molecule has 0 heterocycles. The maximum atomic E-state index is 12.4. The van der Waals surface area contributed by atoms with Gasteiger partial charge in [0.15, 0.2) is 0 Å². The van der Waals surface area contributed by atoms with Crippen LogP contribution in [0.15, 0.2) is 49.6 Å². The SMILES string of the molecule is C=CCN(CC=C)C(=O)c1cccc(OCCCBr)c1. The van der Waals surface area contributed by atoms with Crippen LogP contribution < -0.4 is 4.74 Å². The smallest absolute Gasteiger partial charge is 0.254 e. The number of amides is 1. The van der Waals surface area contributed by atoms with Gasteiger partial charge in [0.05, 0.1) is 6.61 Å². The highest BCUT2D eigenvalue weighted by atomic mass is 79.9. The van der Waals surface area contributed by atoms with Crippen LogP contribution in [0.5, 0.6) is 5.75 Å². The highest BCUT2D eigenvalue weighted by Gasteiger charge is 2.13. The minimum atomic E-state index is -0.0456. The number of rotatable bonds is 9. The summed E-state index contributed by atoms with van der Waals surface area (Å²) in [5.74, 6) is 0.671. The number of hydrogen-bond acceptors (Lipinski definition) is 2. The molecule has 0 aliphatic carbocycles. The Bertz CT molecular complexity index is 450. The molecule has 0 aliphatic heterocycles. The van der Waals surface area contributed by atoms with Gasteiger partial charge in [0, 0.05) is 24.0 Å². The van der Waals surface area contributed by atoms with Gasteiger partial charge in [-0.2, -0.15) is 0 Å². The molecule has 20 heavy (non-hydrogen) atoms. The van der Waals surface area contributed by atoms with Crippen molar-refractivity contribution in [2.24, 2.45) is 0 Å². The summed E-state index contributed by atoms with van der Waals surface area (Å²) >= 11 is 3.35. The largest absolute Gasteiger partial charge is 0.494 e. The van der Waals surface area contributed by atoms with Gasteiger partial charge in [-0.25, -0.2) is 0 Å². The molecule has 3 nitrogen and oxygen atoms in total. The fraction of sp³-hybridized carbons (Fsp3) is 0.312. The monoisotopic (exact) mass is 337 g/mol. The molecule has 1 aromatic carbocycles. The minimum Gasteiger partial charge on any atom is -0.494 e. The van der Waals surface area contributed by atoms with E-state index in [2.05, 4.69) is 29.1 Å². The van der Waals surface area contributed by atoms with Crippen molar-refractivity contribution in [2.75, 3.05) is 25.0 Å². The Morgan fingerprint density at radius 2 is 2.00 bits per heavy atom. The number of alkyl halides is 1. The Labute approximate surface area is 129 Å². The maximum absolute atomic E-state index is 12.4. The normalized spacial score (nSPS) is 9.85. The van der Waals surface area contributed by atoms with Crippen LogP contribution >= 0.6 is 15.9 Å². The van der Waals surface area contributed by atoms with Crippen LogP contribution in [0.2, 0.25) is 0 Å². The molecule has 0 radical (unpaired) electrons. The highest BCUT2D eigenvalue weighted by Crippen LogP contribution is 2.15. The number of carbonyl (C=O) groups is 1. The van der Waals surface area contributed by atoms with E-state index in [9.17, 15) is 4.79 Å². The van der Waals surface area contributed by atoms with Gasteiger partial charge < -0.3 is 9.64 Å². The Morgan fingerprint density at radius 1 is 1.30 bits per heavy atom. The summed E-state index contributed by atoms with van der Waals surface area (Å²) in [6.45, 7) is 8.97. The molecule has 0 bridgehead atoms. The molecule has 0 aliphatic rings. The lowest BCUT2D eigenvalue weighted by Gasteiger charge is -2.19. The first kappa shape index (κ1) is 16.5. The number of benzene rings is 1. The molecule has 0 fully saturated rings. The zero-order valence-electron chi connectivity index (χ0n) is 11.6. The van der Waals surface area contributed by atoms with Gasteiger partial charge in [0.2, 0.25) is 0 Å². The summed E-state index contributed by atoms with van der Waals surface area (Å²) in [7, 11) is 0. The van der Waals surface area contributed by atoms with Gasteiger partial charge in [0.1, 0.15) is 5.75 Å². The average Bonchev–Trinajstić information content (AvgIpc) is 2.47. The van der Waals surface area contributed by atoms with E-state index in [-0.39, 0.29) is 5.91 Å². The Morgan fingerprint density at radius 3 is 2.60 bits per heavy atom. The fourth-order valence-electron chi connectivity index (χ4n) is 1.70. The summed E-state index contributed by atoms with van der Waals surface area (Å²) in [5, 5.41) is 0.901. The fourth-order valence-corrected chi connectivity index (χ4v) is 1.93. The van der Waals surface area contributed by atoms with E-state index in [1.54, 1.807) is 29.2 Å². The molecular weight excluding hydrogens is 318 g/mol. The van der Waals surface area contributed by atoms with Crippen molar-refractivity contribution in [1.82, 2.24) is 4.90 Å². The van der Waals surface area contributed by atoms with E-state index in [0.29, 0.717) is 31.0 Å². The van der Waals surface area contributed by atoms with Gasteiger partial charge in [-0.1, -0.05) is 34.1 Å². The van der Waals surface area contributed by atoms with Crippen molar-refractivity contribution < 1.29 is 9.53 Å². The molecule has 0 unspecified atom stereocenters. The average molecular weight is 338 g/mol. The van der Waals surface area contributed by atoms with Crippen molar-refractivity contribution in [1.29, 1.82) is 0 Å². The predicted octanol–water partition coefficient (Wildman–Crippen LogP) is 3.66. The summed E-state index contributed by atoms with van der Waals surface area (Å²) in [6.07, 6.45) is 4.34. The molecule has 0 aromatic heterocycles. The third-order valence-corrected chi connectivity index (χ3v) is 3.17. The summed E-state index contributed by atoms with van der Waals surface area (Å²) in [4.78, 5) is 14.1. The third-order valence-electron chi connectivity index (χ3n) is 2.61. The topological polar surface area (TPSA) is 29.5 Å². The van der Waals surface area contributed by atoms with E-state index >= 15 is 0 Å². The maximum Gasteiger partial charge on any atom is 0.254 e. The van der Waals surface area contributed by atoms with Crippen molar-refractivity contribution >= 4 is 21.8 Å². The minimum absolute atomic E-state index is 0.0456. The Kier molecular flexibility index (Phi) is 7.73. The van der Waals surface area contributed by atoms with Gasteiger partial charge in [0.25, 0.3) is 5.91 Å². The quantitative estimate of drug-likeness (QED) is 0.391. The number of halogens is 1. The Hall–Kier alpha value is -1.55. The van der Waals surface area contributed by atoms with Crippen molar-refractivity contribution in [3.8, 4) is 5.75 Å². The molecular formula is C16H20BrNO2. The summed E-state index contributed by atoms with van der Waals surface area (Å²) in [5.41, 5.74) is 0.616. The van der Waals surface area contributed by atoms with Crippen molar-refractivity contribution in [3.63, 3.8) is 0 Å². The zero-order valence-corrected chi connectivity index (χ0v) is 13.1. The summed E-state index contributed by atoms with van der Waals surface area (Å²) < 4.78 is 5.60. The number of carbonyl (C=O) groups excluding carboxylic acids is 1. The number of ether oxygens (including phenoxy) is 1. The molecule has 1 amide bonds. The number of hydrogen-bond donors (Lipinski definition) is 0. The van der Waals surface area contributed by atoms with Crippen molar-refractivity contribution in [2.45, 2.75) is 6.42 Å². The van der Waals surface area contributed by atoms with Crippen LogP contribution in [0.3, 0.4) is 0 Å². The van der Waals surface area contributed by atoms with Crippen LogP contribution in [0.25, 0.3) is 0 Å². The molecule has 1 aromatic rings. The standard InChI is InChI=1S/C16H20BrNO2/c1-3-10-18(11-4-2)16(19)14-7-5-8-15(13-14)20-12-6-9-17/h3-5,7-8,13H,1-2,6,9-12H2. The van der Waals surface area contributed by atoms with Crippen LogP contribution in [0.4, 0.5) is 0 Å². The van der Waals surface area contributed by atoms with Gasteiger partial charge in [-0.15, -0.1) is 13.2 Å². The van der Waals surface area contributed by atoms with Gasteiger partial charge >= 0.3 is 0 Å². The molecule has 108 valence electrons. The lowest BCUT2D eigenvalue weighted by atomic mass is 10.2. The molecule has 0 atom stereocenters. The molecule has 0 saturated carbocycles. The predicted molar refractivity (Wildman–Crippen MR) is 86.6 cm³/mol. The molecule has 0 saturated heterocycles. The first-order valence-electron chi connectivity index (χ1n) is 6.52. The molecule has 4 heteroatoms.